The van der Waals surface area contributed by atoms with Gasteiger partial charge in [-0.3, -0.25) is 5.10 Å². The van der Waals surface area contributed by atoms with E-state index in [1.165, 1.54) is 12.0 Å². The molecule has 0 bridgehead atoms. The minimum absolute atomic E-state index is 0.511. The molecule has 3 N–H and O–H groups in total. The highest BCUT2D eigenvalue weighted by atomic mass is 16.3. The summed E-state index contributed by atoms with van der Waals surface area (Å²) in [6.45, 7) is 7.74. The van der Waals surface area contributed by atoms with Crippen molar-refractivity contribution in [2.45, 2.75) is 58.6 Å². The SMILES string of the molecule is Cc1n[nH]c(C)c1CNCC1(O)CCCC(C)C1. The standard InChI is InChI=1S/C14H25N3O/c1-10-5-4-6-14(18,7-10)9-15-8-13-11(2)16-17-12(13)3/h10,15,18H,4-9H2,1-3H3,(H,16,17). The van der Waals surface area contributed by atoms with Crippen LogP contribution in [0.4, 0.5) is 0 Å². The van der Waals surface area contributed by atoms with Gasteiger partial charge in [-0.15, -0.1) is 0 Å². The first kappa shape index (κ1) is 13.6. The average molecular weight is 251 g/mol. The number of hydrogen-bond donors (Lipinski definition) is 3. The fourth-order valence-electron chi connectivity index (χ4n) is 3.05. The Morgan fingerprint density at radius 1 is 1.50 bits per heavy atom. The van der Waals surface area contributed by atoms with Gasteiger partial charge >= 0.3 is 0 Å². The van der Waals surface area contributed by atoms with Crippen LogP contribution >= 0.6 is 0 Å². The molecule has 0 saturated heterocycles. The first-order valence-corrected chi connectivity index (χ1v) is 6.94. The van der Waals surface area contributed by atoms with Crippen LogP contribution in [-0.2, 0) is 6.54 Å². The Kier molecular flexibility index (Phi) is 4.07. The Bertz CT molecular complexity index is 382. The van der Waals surface area contributed by atoms with Gasteiger partial charge in [-0.1, -0.05) is 19.8 Å². The Labute approximate surface area is 109 Å². The number of nitrogens with one attached hydrogen (secondary N) is 2. The second-order valence-electron chi connectivity index (χ2n) is 5.94. The number of aryl methyl sites for hydroxylation is 2. The van der Waals surface area contributed by atoms with Gasteiger partial charge in [-0.05, 0) is 32.6 Å². The van der Waals surface area contributed by atoms with Gasteiger partial charge in [-0.2, -0.15) is 5.10 Å². The smallest absolute Gasteiger partial charge is 0.0774 e. The molecular formula is C14H25N3O. The monoisotopic (exact) mass is 251 g/mol. The Morgan fingerprint density at radius 2 is 2.28 bits per heavy atom. The number of hydrogen-bond acceptors (Lipinski definition) is 3. The molecule has 0 spiro atoms. The van der Waals surface area contributed by atoms with E-state index in [1.807, 2.05) is 13.8 Å². The number of aliphatic hydroxyl groups is 1. The van der Waals surface area contributed by atoms with Gasteiger partial charge < -0.3 is 10.4 Å². The molecule has 1 aliphatic rings. The van der Waals surface area contributed by atoms with Crippen molar-refractivity contribution >= 4 is 0 Å². The van der Waals surface area contributed by atoms with Gasteiger partial charge in [0.1, 0.15) is 0 Å². The lowest BCUT2D eigenvalue weighted by atomic mass is 9.79. The van der Waals surface area contributed by atoms with Crippen LogP contribution in [0.15, 0.2) is 0 Å². The molecule has 0 radical (unpaired) electrons. The summed E-state index contributed by atoms with van der Waals surface area (Å²) in [7, 11) is 0. The summed E-state index contributed by atoms with van der Waals surface area (Å²) in [5.41, 5.74) is 2.87. The molecule has 1 saturated carbocycles. The van der Waals surface area contributed by atoms with Gasteiger partial charge in [0.15, 0.2) is 0 Å². The number of aromatic amines is 1. The summed E-state index contributed by atoms with van der Waals surface area (Å²) in [4.78, 5) is 0. The van der Waals surface area contributed by atoms with Crippen LogP contribution in [0.1, 0.15) is 49.6 Å². The van der Waals surface area contributed by atoms with Crippen molar-refractivity contribution in [1.82, 2.24) is 15.5 Å². The quantitative estimate of drug-likeness (QED) is 0.767. The maximum Gasteiger partial charge on any atom is 0.0774 e. The lowest BCUT2D eigenvalue weighted by molar-refractivity contribution is -0.0119. The van der Waals surface area contributed by atoms with E-state index in [9.17, 15) is 5.11 Å². The van der Waals surface area contributed by atoms with E-state index >= 15 is 0 Å². The molecule has 4 nitrogen and oxygen atoms in total. The van der Waals surface area contributed by atoms with Crippen molar-refractivity contribution in [3.8, 4) is 0 Å². The molecule has 1 aromatic heterocycles. The van der Waals surface area contributed by atoms with Crippen molar-refractivity contribution in [3.63, 3.8) is 0 Å². The van der Waals surface area contributed by atoms with Crippen LogP contribution in [0, 0.1) is 19.8 Å². The molecule has 1 heterocycles. The molecule has 0 amide bonds. The zero-order valence-electron chi connectivity index (χ0n) is 11.7. The van der Waals surface area contributed by atoms with Gasteiger partial charge in [-0.25, -0.2) is 0 Å². The molecule has 1 fully saturated rings. The number of H-pyrrole nitrogens is 1. The van der Waals surface area contributed by atoms with E-state index in [2.05, 4.69) is 22.4 Å². The highest BCUT2D eigenvalue weighted by molar-refractivity contribution is 5.22. The fraction of sp³-hybridized carbons (Fsp3) is 0.786. The average Bonchev–Trinajstić information content (AvgIpc) is 2.60. The molecular weight excluding hydrogens is 226 g/mol. The maximum absolute atomic E-state index is 10.5. The molecule has 4 heteroatoms. The van der Waals surface area contributed by atoms with Crippen molar-refractivity contribution < 1.29 is 5.11 Å². The van der Waals surface area contributed by atoms with E-state index in [4.69, 9.17) is 0 Å². The molecule has 2 rings (SSSR count). The highest BCUT2D eigenvalue weighted by Gasteiger charge is 2.32. The van der Waals surface area contributed by atoms with E-state index in [0.29, 0.717) is 12.5 Å². The lowest BCUT2D eigenvalue weighted by Crippen LogP contribution is -2.43. The van der Waals surface area contributed by atoms with Crippen LogP contribution in [-0.4, -0.2) is 27.4 Å². The molecule has 1 aromatic rings. The first-order chi connectivity index (χ1) is 8.50. The van der Waals surface area contributed by atoms with Crippen molar-refractivity contribution in [1.29, 1.82) is 0 Å². The molecule has 2 unspecified atom stereocenters. The van der Waals surface area contributed by atoms with Gasteiger partial charge in [0, 0.05) is 24.3 Å². The second-order valence-corrected chi connectivity index (χ2v) is 5.94. The van der Waals surface area contributed by atoms with Gasteiger partial charge in [0.05, 0.1) is 11.3 Å². The zero-order chi connectivity index (χ0) is 13.2. The van der Waals surface area contributed by atoms with E-state index in [1.54, 1.807) is 0 Å². The normalized spacial score (nSPS) is 28.6. The highest BCUT2D eigenvalue weighted by Crippen LogP contribution is 2.31. The second kappa shape index (κ2) is 5.41. The molecule has 102 valence electrons. The minimum atomic E-state index is -0.511. The Balaban J connectivity index is 1.85. The third-order valence-electron chi connectivity index (χ3n) is 4.10. The summed E-state index contributed by atoms with van der Waals surface area (Å²) >= 11 is 0. The molecule has 0 aliphatic heterocycles. The third-order valence-corrected chi connectivity index (χ3v) is 4.10. The van der Waals surface area contributed by atoms with E-state index in [-0.39, 0.29) is 0 Å². The van der Waals surface area contributed by atoms with Crippen LogP contribution in [0.5, 0.6) is 0 Å². The molecule has 1 aliphatic carbocycles. The predicted molar refractivity (Wildman–Crippen MR) is 72.4 cm³/mol. The lowest BCUT2D eigenvalue weighted by Gasteiger charge is -2.35. The van der Waals surface area contributed by atoms with Crippen molar-refractivity contribution in [2.24, 2.45) is 5.92 Å². The molecule has 18 heavy (non-hydrogen) atoms. The van der Waals surface area contributed by atoms with Crippen LogP contribution in [0.3, 0.4) is 0 Å². The number of nitrogens with zero attached hydrogens (tertiary/aromatic N) is 1. The summed E-state index contributed by atoms with van der Waals surface area (Å²) in [5, 5.41) is 21.1. The summed E-state index contributed by atoms with van der Waals surface area (Å²) < 4.78 is 0. The first-order valence-electron chi connectivity index (χ1n) is 6.94. The van der Waals surface area contributed by atoms with Gasteiger partial charge in [0.2, 0.25) is 0 Å². The van der Waals surface area contributed by atoms with E-state index in [0.717, 1.165) is 37.2 Å². The van der Waals surface area contributed by atoms with Crippen molar-refractivity contribution in [2.75, 3.05) is 6.54 Å². The summed E-state index contributed by atoms with van der Waals surface area (Å²) in [5.74, 6) is 0.642. The fourth-order valence-corrected chi connectivity index (χ4v) is 3.05. The van der Waals surface area contributed by atoms with Gasteiger partial charge in [0.25, 0.3) is 0 Å². The topological polar surface area (TPSA) is 60.9 Å². The third kappa shape index (κ3) is 3.12. The Hall–Kier alpha value is -0.870. The maximum atomic E-state index is 10.5. The van der Waals surface area contributed by atoms with Crippen LogP contribution in [0.25, 0.3) is 0 Å². The zero-order valence-corrected chi connectivity index (χ0v) is 11.7. The Morgan fingerprint density at radius 3 is 2.89 bits per heavy atom. The summed E-state index contributed by atoms with van der Waals surface area (Å²) in [6.07, 6.45) is 4.24. The number of aromatic nitrogens is 2. The molecule has 2 atom stereocenters. The van der Waals surface area contributed by atoms with Crippen LogP contribution in [0.2, 0.25) is 0 Å². The van der Waals surface area contributed by atoms with E-state index < -0.39 is 5.60 Å². The summed E-state index contributed by atoms with van der Waals surface area (Å²) in [6, 6.07) is 0. The molecule has 0 aromatic carbocycles. The number of rotatable bonds is 4. The minimum Gasteiger partial charge on any atom is -0.389 e. The van der Waals surface area contributed by atoms with Crippen molar-refractivity contribution in [3.05, 3.63) is 17.0 Å². The predicted octanol–water partition coefficient (Wildman–Crippen LogP) is 2.06. The largest absolute Gasteiger partial charge is 0.389 e. The van der Waals surface area contributed by atoms with Crippen LogP contribution < -0.4 is 5.32 Å².